The Morgan fingerprint density at radius 2 is 1.89 bits per heavy atom. The molecule has 0 saturated carbocycles. The molecule has 1 aliphatic rings. The fourth-order valence-corrected chi connectivity index (χ4v) is 1.73. The average molecular weight is 270 g/mol. The van der Waals surface area contributed by atoms with E-state index < -0.39 is 34.6 Å². The Hall–Kier alpha value is -1.92. The lowest BCUT2D eigenvalue weighted by Gasteiger charge is -2.41. The van der Waals surface area contributed by atoms with Crippen LogP contribution in [0.2, 0.25) is 0 Å². The van der Waals surface area contributed by atoms with Crippen molar-refractivity contribution in [2.75, 3.05) is 6.54 Å². The third kappa shape index (κ3) is 2.91. The molecule has 1 rings (SSSR count). The van der Waals surface area contributed by atoms with E-state index in [-0.39, 0.29) is 13.0 Å². The van der Waals surface area contributed by atoms with Crippen molar-refractivity contribution in [2.24, 2.45) is 5.41 Å². The molecule has 106 valence electrons. The van der Waals surface area contributed by atoms with E-state index in [0.29, 0.717) is 0 Å². The van der Waals surface area contributed by atoms with Crippen LogP contribution >= 0.6 is 0 Å². The molecular formula is C12H18N2O5. The molecule has 1 heterocycles. The van der Waals surface area contributed by atoms with Crippen LogP contribution in [0.1, 0.15) is 34.1 Å². The van der Waals surface area contributed by atoms with E-state index >= 15 is 0 Å². The minimum atomic E-state index is -1.25. The molecule has 0 radical (unpaired) electrons. The first-order valence-corrected chi connectivity index (χ1v) is 5.86. The molecule has 3 amide bonds. The lowest BCUT2D eigenvalue weighted by atomic mass is 9.87. The lowest BCUT2D eigenvalue weighted by Crippen LogP contribution is -2.65. The number of carboxylic acid groups (broad SMARTS) is 1. The van der Waals surface area contributed by atoms with Gasteiger partial charge in [-0.2, -0.15) is 0 Å². The van der Waals surface area contributed by atoms with Gasteiger partial charge in [-0.15, -0.1) is 0 Å². The van der Waals surface area contributed by atoms with Crippen molar-refractivity contribution in [1.82, 2.24) is 10.2 Å². The van der Waals surface area contributed by atoms with Crippen LogP contribution in [0, 0.1) is 5.41 Å². The quantitative estimate of drug-likeness (QED) is 0.688. The highest BCUT2D eigenvalue weighted by atomic mass is 16.4. The maximum Gasteiger partial charge on any atom is 0.309 e. The molecule has 0 unspecified atom stereocenters. The monoisotopic (exact) mass is 270 g/mol. The highest BCUT2D eigenvalue weighted by Crippen LogP contribution is 2.26. The van der Waals surface area contributed by atoms with Gasteiger partial charge in [0.25, 0.3) is 5.91 Å². The molecular weight excluding hydrogens is 252 g/mol. The van der Waals surface area contributed by atoms with Gasteiger partial charge < -0.3 is 10.0 Å². The number of imide groups is 1. The molecule has 1 fully saturated rings. The number of carboxylic acids is 1. The van der Waals surface area contributed by atoms with Gasteiger partial charge in [-0.3, -0.25) is 24.5 Å². The van der Waals surface area contributed by atoms with Crippen LogP contribution in [0.3, 0.4) is 0 Å². The Kier molecular flexibility index (Phi) is 3.70. The third-order valence-electron chi connectivity index (χ3n) is 3.26. The first-order valence-electron chi connectivity index (χ1n) is 5.86. The van der Waals surface area contributed by atoms with Crippen molar-refractivity contribution in [3.63, 3.8) is 0 Å². The molecule has 0 aromatic carbocycles. The molecule has 7 nitrogen and oxygen atoms in total. The molecule has 7 heteroatoms. The first kappa shape index (κ1) is 15.1. The maximum atomic E-state index is 12.2. The summed E-state index contributed by atoms with van der Waals surface area (Å²) in [6.07, 6.45) is -0.272. The molecule has 0 bridgehead atoms. The number of hydrogen-bond donors (Lipinski definition) is 2. The first-order chi connectivity index (χ1) is 8.48. The summed E-state index contributed by atoms with van der Waals surface area (Å²) in [5.74, 6) is -2.76. The lowest BCUT2D eigenvalue weighted by molar-refractivity contribution is -0.159. The summed E-state index contributed by atoms with van der Waals surface area (Å²) in [6, 6.07) is 0. The predicted molar refractivity (Wildman–Crippen MR) is 65.0 cm³/mol. The smallest absolute Gasteiger partial charge is 0.309 e. The van der Waals surface area contributed by atoms with Crippen LogP contribution in [-0.2, 0) is 19.2 Å². The molecule has 19 heavy (non-hydrogen) atoms. The number of aliphatic carboxylic acids is 1. The van der Waals surface area contributed by atoms with Gasteiger partial charge in [0.15, 0.2) is 0 Å². The predicted octanol–water partition coefficient (Wildman–Crippen LogP) is -0.249. The molecule has 0 spiro atoms. The highest BCUT2D eigenvalue weighted by Gasteiger charge is 2.45. The third-order valence-corrected chi connectivity index (χ3v) is 3.26. The van der Waals surface area contributed by atoms with Crippen molar-refractivity contribution in [3.05, 3.63) is 0 Å². The maximum absolute atomic E-state index is 12.2. The molecule has 1 saturated heterocycles. The van der Waals surface area contributed by atoms with Crippen LogP contribution in [0.15, 0.2) is 0 Å². The van der Waals surface area contributed by atoms with Crippen LogP contribution in [0.4, 0.5) is 0 Å². The zero-order valence-electron chi connectivity index (χ0n) is 11.4. The van der Waals surface area contributed by atoms with Crippen molar-refractivity contribution >= 4 is 23.7 Å². The number of amides is 3. The number of rotatable bonds is 3. The normalized spacial score (nSPS) is 19.1. The number of nitrogens with one attached hydrogen (secondary N) is 1. The minimum Gasteiger partial charge on any atom is -0.481 e. The van der Waals surface area contributed by atoms with E-state index in [4.69, 9.17) is 5.11 Å². The standard InChI is InChI=1S/C12H18N2O5/c1-11(2,10(18)19)5-8(16)14-6-7(15)13-9(17)12(14,3)4/h5-6H2,1-4H3,(H,18,19)(H,13,15,17). The highest BCUT2D eigenvalue weighted by molar-refractivity contribution is 6.06. The van der Waals surface area contributed by atoms with E-state index in [2.05, 4.69) is 5.32 Å². The topological polar surface area (TPSA) is 104 Å². The Bertz CT molecular complexity index is 453. The van der Waals surface area contributed by atoms with Gasteiger partial charge in [0.05, 0.1) is 5.41 Å². The second-order valence-electron chi connectivity index (χ2n) is 5.78. The molecule has 0 aromatic heterocycles. The summed E-state index contributed by atoms with van der Waals surface area (Å²) in [5.41, 5.74) is -2.41. The van der Waals surface area contributed by atoms with Crippen molar-refractivity contribution in [3.8, 4) is 0 Å². The zero-order valence-corrected chi connectivity index (χ0v) is 11.4. The van der Waals surface area contributed by atoms with Crippen molar-refractivity contribution < 1.29 is 24.3 Å². The van der Waals surface area contributed by atoms with E-state index in [0.717, 1.165) is 4.90 Å². The van der Waals surface area contributed by atoms with Gasteiger partial charge in [0.2, 0.25) is 11.8 Å². The molecule has 0 atom stereocenters. The van der Waals surface area contributed by atoms with E-state index in [9.17, 15) is 19.2 Å². The van der Waals surface area contributed by atoms with E-state index in [1.54, 1.807) is 0 Å². The van der Waals surface area contributed by atoms with E-state index in [1.807, 2.05) is 0 Å². The zero-order chi connectivity index (χ0) is 15.0. The molecule has 0 aliphatic carbocycles. The van der Waals surface area contributed by atoms with Crippen LogP contribution < -0.4 is 5.32 Å². The second kappa shape index (κ2) is 4.64. The van der Waals surface area contributed by atoms with Gasteiger partial charge >= 0.3 is 5.97 Å². The number of piperazine rings is 1. The van der Waals surface area contributed by atoms with Crippen LogP contribution in [0.5, 0.6) is 0 Å². The summed E-state index contributed by atoms with van der Waals surface area (Å²) in [7, 11) is 0. The summed E-state index contributed by atoms with van der Waals surface area (Å²) in [4.78, 5) is 47.3. The molecule has 0 aromatic rings. The van der Waals surface area contributed by atoms with Gasteiger partial charge in [0.1, 0.15) is 12.1 Å². The average Bonchev–Trinajstić information content (AvgIpc) is 2.22. The van der Waals surface area contributed by atoms with Crippen LogP contribution in [0.25, 0.3) is 0 Å². The summed E-state index contributed by atoms with van der Waals surface area (Å²) < 4.78 is 0. The molecule has 2 N–H and O–H groups in total. The Morgan fingerprint density at radius 1 is 1.37 bits per heavy atom. The van der Waals surface area contributed by atoms with Gasteiger partial charge in [-0.1, -0.05) is 0 Å². The van der Waals surface area contributed by atoms with Gasteiger partial charge in [-0.25, -0.2) is 0 Å². The second-order valence-corrected chi connectivity index (χ2v) is 5.78. The summed E-state index contributed by atoms with van der Waals surface area (Å²) in [5, 5.41) is 11.2. The van der Waals surface area contributed by atoms with Crippen molar-refractivity contribution in [1.29, 1.82) is 0 Å². The Balaban J connectivity index is 2.94. The fourth-order valence-electron chi connectivity index (χ4n) is 1.73. The Morgan fingerprint density at radius 3 is 2.37 bits per heavy atom. The SMILES string of the molecule is CC(C)(CC(=O)N1CC(=O)NC(=O)C1(C)C)C(=O)O. The molecule has 1 aliphatic heterocycles. The largest absolute Gasteiger partial charge is 0.481 e. The number of hydrogen-bond acceptors (Lipinski definition) is 4. The van der Waals surface area contributed by atoms with Crippen LogP contribution in [-0.4, -0.2) is 45.8 Å². The summed E-state index contributed by atoms with van der Waals surface area (Å²) >= 11 is 0. The fraction of sp³-hybridized carbons (Fsp3) is 0.667. The van der Waals surface area contributed by atoms with Gasteiger partial charge in [-0.05, 0) is 27.7 Å². The number of carbonyl (C=O) groups excluding carboxylic acids is 3. The summed E-state index contributed by atoms with van der Waals surface area (Å²) in [6.45, 7) is 5.63. The van der Waals surface area contributed by atoms with Gasteiger partial charge in [0, 0.05) is 6.42 Å². The van der Waals surface area contributed by atoms with Crippen molar-refractivity contribution in [2.45, 2.75) is 39.7 Å². The van der Waals surface area contributed by atoms with E-state index in [1.165, 1.54) is 27.7 Å². The minimum absolute atomic E-state index is 0.243. The number of carbonyl (C=O) groups is 4. The Labute approximate surface area is 110 Å². The number of nitrogens with zero attached hydrogens (tertiary/aromatic N) is 1.